The van der Waals surface area contributed by atoms with Crippen molar-refractivity contribution >= 4 is 23.6 Å². The molecule has 4 heterocycles. The molecule has 4 atom stereocenters. The second-order valence-electron chi connectivity index (χ2n) is 11.4. The zero-order chi connectivity index (χ0) is 28.6. The molecule has 3 aliphatic heterocycles. The molecule has 4 aliphatic rings. The Bertz CT molecular complexity index is 1280. The van der Waals surface area contributed by atoms with Gasteiger partial charge in [-0.15, -0.1) is 11.8 Å². The lowest BCUT2D eigenvalue weighted by molar-refractivity contribution is -0.137. The molecule has 2 fully saturated rings. The van der Waals surface area contributed by atoms with Crippen molar-refractivity contribution < 1.29 is 27.5 Å². The number of benzene rings is 1. The molecule has 220 valence electrons. The Morgan fingerprint density at radius 3 is 2.83 bits per heavy atom. The van der Waals surface area contributed by atoms with Crippen molar-refractivity contribution in [3.8, 4) is 0 Å². The van der Waals surface area contributed by atoms with E-state index >= 15 is 0 Å². The van der Waals surface area contributed by atoms with Crippen LogP contribution in [-0.4, -0.2) is 83.3 Å². The predicted molar refractivity (Wildman–Crippen MR) is 150 cm³/mol. The molecule has 1 aliphatic carbocycles. The summed E-state index contributed by atoms with van der Waals surface area (Å²) in [5.74, 6) is -0.802. The highest BCUT2D eigenvalue weighted by Gasteiger charge is 2.40. The van der Waals surface area contributed by atoms with Crippen LogP contribution in [0.1, 0.15) is 63.5 Å². The molecule has 2 saturated heterocycles. The van der Waals surface area contributed by atoms with E-state index in [2.05, 4.69) is 21.3 Å². The summed E-state index contributed by atoms with van der Waals surface area (Å²) in [6.45, 7) is 3.25. The van der Waals surface area contributed by atoms with E-state index in [9.17, 15) is 22.8 Å². The number of hydrogen-bond donors (Lipinski definition) is 1. The fraction of sp³-hybridized carbons (Fsp3) is 0.567. The number of fused-ring (bicyclic) bond motifs is 2. The number of pyridine rings is 1. The zero-order valence-corrected chi connectivity index (χ0v) is 23.7. The number of amides is 2. The second-order valence-corrected chi connectivity index (χ2v) is 12.9. The Balaban J connectivity index is 1.14. The van der Waals surface area contributed by atoms with Gasteiger partial charge in [-0.05, 0) is 73.4 Å². The zero-order valence-electron chi connectivity index (χ0n) is 22.9. The third-order valence-electron chi connectivity index (χ3n) is 8.83. The number of nitrogens with one attached hydrogen (secondary N) is 1. The van der Waals surface area contributed by atoms with E-state index in [0.29, 0.717) is 29.8 Å². The molecule has 0 radical (unpaired) electrons. The molecule has 3 unspecified atom stereocenters. The average Bonchev–Trinajstić information content (AvgIpc) is 3.42. The lowest BCUT2D eigenvalue weighted by atomic mass is 9.96. The second kappa shape index (κ2) is 11.9. The Kier molecular flexibility index (Phi) is 8.29. The molecular weight excluding hydrogens is 553 g/mol. The van der Waals surface area contributed by atoms with Crippen LogP contribution in [0.3, 0.4) is 0 Å². The number of carbonyl (C=O) groups excluding carboxylic acids is 2. The van der Waals surface area contributed by atoms with Gasteiger partial charge in [0.05, 0.1) is 18.2 Å². The van der Waals surface area contributed by atoms with Gasteiger partial charge in [0.1, 0.15) is 0 Å². The molecule has 0 spiro atoms. The average molecular weight is 589 g/mol. The van der Waals surface area contributed by atoms with Crippen molar-refractivity contribution in [2.24, 2.45) is 0 Å². The maximum atomic E-state index is 13.3. The number of thioether (sulfide) groups is 1. The van der Waals surface area contributed by atoms with Gasteiger partial charge in [-0.3, -0.25) is 19.5 Å². The number of nitrogens with zero attached hydrogens (tertiary/aromatic N) is 3. The molecule has 6 rings (SSSR count). The maximum Gasteiger partial charge on any atom is 0.416 e. The summed E-state index contributed by atoms with van der Waals surface area (Å²) in [4.78, 5) is 34.6. The van der Waals surface area contributed by atoms with E-state index in [1.54, 1.807) is 0 Å². The van der Waals surface area contributed by atoms with Crippen LogP contribution >= 0.6 is 11.8 Å². The Morgan fingerprint density at radius 2 is 1.98 bits per heavy atom. The lowest BCUT2D eigenvalue weighted by Gasteiger charge is -2.30. The summed E-state index contributed by atoms with van der Waals surface area (Å²) in [5, 5.41) is 3.71. The van der Waals surface area contributed by atoms with E-state index in [-0.39, 0.29) is 29.3 Å². The van der Waals surface area contributed by atoms with Crippen molar-refractivity contribution in [1.29, 1.82) is 0 Å². The van der Waals surface area contributed by atoms with Crippen molar-refractivity contribution in [2.75, 3.05) is 39.4 Å². The van der Waals surface area contributed by atoms with Gasteiger partial charge >= 0.3 is 6.18 Å². The topological polar surface area (TPSA) is 74.8 Å². The Hall–Kier alpha value is -2.63. The molecule has 2 amide bonds. The highest BCUT2D eigenvalue weighted by molar-refractivity contribution is 8.00. The van der Waals surface area contributed by atoms with Crippen LogP contribution < -0.4 is 5.32 Å². The molecule has 1 aromatic carbocycles. The summed E-state index contributed by atoms with van der Waals surface area (Å²) < 4.78 is 45.5. The van der Waals surface area contributed by atoms with Gasteiger partial charge in [-0.2, -0.15) is 13.2 Å². The number of halogens is 3. The minimum absolute atomic E-state index is 0.0310. The molecule has 1 N–H and O–H groups in total. The molecule has 0 saturated carbocycles. The number of hydrogen-bond acceptors (Lipinski definition) is 6. The highest BCUT2D eigenvalue weighted by Crippen LogP contribution is 2.45. The van der Waals surface area contributed by atoms with Crippen molar-refractivity contribution in [1.82, 2.24) is 20.1 Å². The number of ether oxygens (including phenoxy) is 1. The smallest absolute Gasteiger partial charge is 0.381 e. The molecule has 1 aromatic heterocycles. The summed E-state index contributed by atoms with van der Waals surface area (Å²) in [6, 6.07) is 5.69. The van der Waals surface area contributed by atoms with Gasteiger partial charge in [0.2, 0.25) is 5.91 Å². The monoisotopic (exact) mass is 588 g/mol. The predicted octanol–water partition coefficient (Wildman–Crippen LogP) is 4.26. The fourth-order valence-electron chi connectivity index (χ4n) is 6.65. The minimum Gasteiger partial charge on any atom is -0.381 e. The van der Waals surface area contributed by atoms with Crippen molar-refractivity contribution in [3.63, 3.8) is 0 Å². The Labute approximate surface area is 242 Å². The first-order chi connectivity index (χ1) is 19.8. The highest BCUT2D eigenvalue weighted by atomic mass is 32.2. The standard InChI is InChI=1S/C30H35F3N4O3S/c31-30(32,33)21-5-3-20-8-11-36(29(39)23(20)14-21)18-28(38)35-25-16-37(22-2-1-12-40-13-9-22)17-27(25)41-26-6-4-19-7-10-34-15-24(19)26/h3,5,7,10,14-15,22,25-27H,1-2,4,6,8-9,11-13,16-18H2,(H,35,38)/t22?,25?,26?,27-/m0/s1. The molecule has 0 bridgehead atoms. The molecule has 2 aromatic rings. The van der Waals surface area contributed by atoms with E-state index in [0.717, 1.165) is 70.5 Å². The van der Waals surface area contributed by atoms with Gasteiger partial charge in [0, 0.05) is 67.3 Å². The molecular formula is C30H35F3N4O3S. The Morgan fingerprint density at radius 1 is 1.10 bits per heavy atom. The van der Waals surface area contributed by atoms with Crippen LogP contribution in [0.15, 0.2) is 36.7 Å². The van der Waals surface area contributed by atoms with E-state index in [1.165, 1.54) is 22.1 Å². The third-order valence-corrected chi connectivity index (χ3v) is 10.5. The van der Waals surface area contributed by atoms with Crippen LogP contribution in [0, 0.1) is 0 Å². The van der Waals surface area contributed by atoms with Crippen LogP contribution in [0.25, 0.3) is 0 Å². The van der Waals surface area contributed by atoms with Crippen LogP contribution in [0.4, 0.5) is 13.2 Å². The number of aromatic nitrogens is 1. The van der Waals surface area contributed by atoms with E-state index in [1.807, 2.05) is 24.2 Å². The lowest BCUT2D eigenvalue weighted by Crippen LogP contribution is -2.49. The number of likely N-dealkylation sites (tertiary alicyclic amines) is 1. The van der Waals surface area contributed by atoms with Crippen LogP contribution in [-0.2, 0) is 28.5 Å². The number of rotatable bonds is 6. The number of aryl methyl sites for hydroxylation is 1. The largest absolute Gasteiger partial charge is 0.416 e. The van der Waals surface area contributed by atoms with E-state index < -0.39 is 17.6 Å². The first-order valence-corrected chi connectivity index (χ1v) is 15.4. The summed E-state index contributed by atoms with van der Waals surface area (Å²) >= 11 is 1.91. The quantitative estimate of drug-likeness (QED) is 0.544. The normalized spacial score (nSPS) is 26.9. The summed E-state index contributed by atoms with van der Waals surface area (Å²) in [6.07, 6.45) is 4.81. The van der Waals surface area contributed by atoms with Crippen molar-refractivity contribution in [2.45, 2.75) is 67.3 Å². The maximum absolute atomic E-state index is 13.3. The van der Waals surface area contributed by atoms with E-state index in [4.69, 9.17) is 4.74 Å². The number of carbonyl (C=O) groups is 2. The first-order valence-electron chi connectivity index (χ1n) is 14.4. The minimum atomic E-state index is -4.53. The third kappa shape index (κ3) is 6.27. The van der Waals surface area contributed by atoms with Gasteiger partial charge < -0.3 is 15.0 Å². The van der Waals surface area contributed by atoms with Crippen LogP contribution in [0.2, 0.25) is 0 Å². The SMILES string of the molecule is O=C(CN1CCc2ccc(C(F)(F)F)cc2C1=O)NC1CN(C2CCCOCC2)C[C@@H]1SC1CCc2ccncc21. The van der Waals surface area contributed by atoms with Gasteiger partial charge in [0.25, 0.3) is 5.91 Å². The molecule has 7 nitrogen and oxygen atoms in total. The van der Waals surface area contributed by atoms with Crippen LogP contribution in [0.5, 0.6) is 0 Å². The first kappa shape index (κ1) is 28.5. The van der Waals surface area contributed by atoms with Gasteiger partial charge in [-0.25, -0.2) is 0 Å². The molecule has 11 heteroatoms. The van der Waals surface area contributed by atoms with Gasteiger partial charge in [-0.1, -0.05) is 6.07 Å². The van der Waals surface area contributed by atoms with Crippen molar-refractivity contribution in [3.05, 3.63) is 64.5 Å². The summed E-state index contributed by atoms with van der Waals surface area (Å²) in [5.41, 5.74) is 2.38. The summed E-state index contributed by atoms with van der Waals surface area (Å²) in [7, 11) is 0. The number of alkyl halides is 3. The molecule has 41 heavy (non-hydrogen) atoms. The van der Waals surface area contributed by atoms with Gasteiger partial charge in [0.15, 0.2) is 0 Å². The fourth-order valence-corrected chi connectivity index (χ4v) is 8.31.